The number of carbonyl (C=O) groups excluding carboxylic acids is 1. The van der Waals surface area contributed by atoms with Crippen LogP contribution in [0.25, 0.3) is 0 Å². The molecule has 0 aromatic carbocycles. The lowest BCUT2D eigenvalue weighted by molar-refractivity contribution is -0.117. The van der Waals surface area contributed by atoms with Crippen molar-refractivity contribution in [2.75, 3.05) is 0 Å². The maximum atomic E-state index is 13.8. The predicted molar refractivity (Wildman–Crippen MR) is 65.3 cm³/mol. The number of aromatic nitrogens is 1. The largest absolute Gasteiger partial charge is 0.369 e. The number of nitrogens with zero attached hydrogens (tertiary/aromatic N) is 1. The van der Waals surface area contributed by atoms with Crippen molar-refractivity contribution in [1.82, 2.24) is 4.98 Å². The van der Waals surface area contributed by atoms with Crippen molar-refractivity contribution in [3.05, 3.63) is 28.8 Å². The average molecular weight is 238 g/mol. The Balaban J connectivity index is 3.43. The van der Waals surface area contributed by atoms with Crippen LogP contribution >= 0.6 is 0 Å². The first kappa shape index (κ1) is 13.6. The van der Waals surface area contributed by atoms with Crippen molar-refractivity contribution < 1.29 is 9.18 Å². The summed E-state index contributed by atoms with van der Waals surface area (Å²) in [6, 6.07) is 0. The maximum Gasteiger partial charge on any atom is 0.221 e. The van der Waals surface area contributed by atoms with E-state index < -0.39 is 5.91 Å². The lowest BCUT2D eigenvalue weighted by atomic mass is 9.90. The van der Waals surface area contributed by atoms with Gasteiger partial charge in [0, 0.05) is 5.69 Å². The fourth-order valence-electron chi connectivity index (χ4n) is 2.04. The Kier molecular flexibility index (Phi) is 4.21. The molecular formula is C13H19FN2O. The highest BCUT2D eigenvalue weighted by Crippen LogP contribution is 2.28. The highest BCUT2D eigenvalue weighted by atomic mass is 19.1. The van der Waals surface area contributed by atoms with E-state index in [9.17, 15) is 9.18 Å². The molecule has 0 bridgehead atoms. The number of hydrogen-bond acceptors (Lipinski definition) is 2. The van der Waals surface area contributed by atoms with Gasteiger partial charge in [-0.1, -0.05) is 27.7 Å². The van der Waals surface area contributed by atoms with Gasteiger partial charge in [0.15, 0.2) is 0 Å². The van der Waals surface area contributed by atoms with Crippen LogP contribution in [0.4, 0.5) is 4.39 Å². The van der Waals surface area contributed by atoms with Gasteiger partial charge in [0.2, 0.25) is 5.91 Å². The molecule has 4 heteroatoms. The van der Waals surface area contributed by atoms with E-state index in [4.69, 9.17) is 5.73 Å². The second kappa shape index (κ2) is 5.25. The normalized spacial score (nSPS) is 11.2. The summed E-state index contributed by atoms with van der Waals surface area (Å²) in [5, 5.41) is 0. The van der Waals surface area contributed by atoms with Crippen LogP contribution in [-0.4, -0.2) is 10.9 Å². The molecule has 0 atom stereocenters. The zero-order valence-electron chi connectivity index (χ0n) is 10.7. The topological polar surface area (TPSA) is 56.0 Å². The number of hydrogen-bond donors (Lipinski definition) is 1. The molecule has 0 unspecified atom stereocenters. The molecule has 0 radical (unpaired) electrons. The second-order valence-electron chi connectivity index (χ2n) is 4.84. The highest BCUT2D eigenvalue weighted by Gasteiger charge is 2.20. The van der Waals surface area contributed by atoms with Gasteiger partial charge in [-0.3, -0.25) is 9.78 Å². The summed E-state index contributed by atoms with van der Waals surface area (Å²) in [4.78, 5) is 15.2. The van der Waals surface area contributed by atoms with Gasteiger partial charge in [-0.05, 0) is 23.0 Å². The molecule has 1 rings (SSSR count). The molecular weight excluding hydrogens is 219 g/mol. The molecule has 0 aliphatic carbocycles. The third-order valence-corrected chi connectivity index (χ3v) is 2.68. The molecule has 1 heterocycles. The summed E-state index contributed by atoms with van der Waals surface area (Å²) in [6.45, 7) is 7.73. The van der Waals surface area contributed by atoms with E-state index in [-0.39, 0.29) is 24.1 Å². The van der Waals surface area contributed by atoms with Gasteiger partial charge in [-0.25, -0.2) is 4.39 Å². The molecule has 17 heavy (non-hydrogen) atoms. The summed E-state index contributed by atoms with van der Waals surface area (Å²) < 4.78 is 13.8. The quantitative estimate of drug-likeness (QED) is 0.876. The number of carbonyl (C=O) groups is 1. The highest BCUT2D eigenvalue weighted by molar-refractivity contribution is 5.77. The van der Waals surface area contributed by atoms with Crippen LogP contribution in [0.3, 0.4) is 0 Å². The lowest BCUT2D eigenvalue weighted by Gasteiger charge is -2.18. The molecule has 1 aromatic heterocycles. The van der Waals surface area contributed by atoms with E-state index >= 15 is 0 Å². The fourth-order valence-corrected chi connectivity index (χ4v) is 2.04. The van der Waals surface area contributed by atoms with Crippen molar-refractivity contribution in [3.63, 3.8) is 0 Å². The van der Waals surface area contributed by atoms with E-state index in [0.717, 1.165) is 5.69 Å². The van der Waals surface area contributed by atoms with Gasteiger partial charge in [0.25, 0.3) is 0 Å². The van der Waals surface area contributed by atoms with Gasteiger partial charge in [-0.15, -0.1) is 0 Å². The van der Waals surface area contributed by atoms with E-state index in [1.807, 2.05) is 27.7 Å². The first-order valence-electron chi connectivity index (χ1n) is 5.80. The Morgan fingerprint density at radius 1 is 1.35 bits per heavy atom. The minimum atomic E-state index is -0.457. The monoisotopic (exact) mass is 238 g/mol. The van der Waals surface area contributed by atoms with Crippen molar-refractivity contribution in [1.29, 1.82) is 0 Å². The number of halogens is 1. The van der Waals surface area contributed by atoms with Crippen molar-refractivity contribution in [3.8, 4) is 0 Å². The lowest BCUT2D eigenvalue weighted by Crippen LogP contribution is -2.19. The number of primary amides is 1. The van der Waals surface area contributed by atoms with Gasteiger partial charge >= 0.3 is 0 Å². The van der Waals surface area contributed by atoms with E-state index in [1.54, 1.807) is 0 Å². The van der Waals surface area contributed by atoms with Gasteiger partial charge in [0.1, 0.15) is 5.82 Å². The molecule has 0 saturated heterocycles. The Bertz CT molecular complexity index is 428. The third-order valence-electron chi connectivity index (χ3n) is 2.68. The number of rotatable bonds is 4. The molecule has 94 valence electrons. The van der Waals surface area contributed by atoms with Crippen molar-refractivity contribution in [2.24, 2.45) is 5.73 Å². The van der Waals surface area contributed by atoms with Crippen molar-refractivity contribution in [2.45, 2.75) is 46.0 Å². The van der Waals surface area contributed by atoms with Crippen LogP contribution in [-0.2, 0) is 11.2 Å². The van der Waals surface area contributed by atoms with Gasteiger partial charge < -0.3 is 5.73 Å². The molecule has 3 nitrogen and oxygen atoms in total. The first-order valence-corrected chi connectivity index (χ1v) is 5.80. The smallest absolute Gasteiger partial charge is 0.221 e. The average Bonchev–Trinajstić information content (AvgIpc) is 2.15. The van der Waals surface area contributed by atoms with Crippen LogP contribution in [0.2, 0.25) is 0 Å². The van der Waals surface area contributed by atoms with Crippen LogP contribution in [0.5, 0.6) is 0 Å². The number of nitrogens with two attached hydrogens (primary N) is 1. The summed E-state index contributed by atoms with van der Waals surface area (Å²) >= 11 is 0. The van der Waals surface area contributed by atoms with Crippen LogP contribution < -0.4 is 5.73 Å². The summed E-state index contributed by atoms with van der Waals surface area (Å²) in [7, 11) is 0. The standard InChI is InChI=1S/C13H19FN2O/c1-7(2)12-9(5-11(15)17)13(8(3)4)16-6-10(12)14/h6-8H,5H2,1-4H3,(H2,15,17). The molecule has 0 spiro atoms. The van der Waals surface area contributed by atoms with Crippen LogP contribution in [0.15, 0.2) is 6.20 Å². The van der Waals surface area contributed by atoms with Crippen LogP contribution in [0, 0.1) is 5.82 Å². The Morgan fingerprint density at radius 2 is 1.94 bits per heavy atom. The number of amides is 1. The molecule has 1 aromatic rings. The number of pyridine rings is 1. The zero-order chi connectivity index (χ0) is 13.2. The summed E-state index contributed by atoms with van der Waals surface area (Å²) in [5.41, 5.74) is 7.19. The maximum absolute atomic E-state index is 13.8. The minimum absolute atomic E-state index is 0.00449. The Labute approximate surface area is 101 Å². The fraction of sp³-hybridized carbons (Fsp3) is 0.538. The summed E-state index contributed by atoms with van der Waals surface area (Å²) in [5.74, 6) is -0.672. The third kappa shape index (κ3) is 3.02. The molecule has 0 fully saturated rings. The van der Waals surface area contributed by atoms with Gasteiger partial charge in [0.05, 0.1) is 12.6 Å². The zero-order valence-corrected chi connectivity index (χ0v) is 10.7. The first-order chi connectivity index (χ1) is 7.84. The van der Waals surface area contributed by atoms with Crippen molar-refractivity contribution >= 4 is 5.91 Å². The van der Waals surface area contributed by atoms with Crippen LogP contribution in [0.1, 0.15) is 56.4 Å². The predicted octanol–water partition coefficient (Wildman–Crippen LogP) is 2.50. The summed E-state index contributed by atoms with van der Waals surface area (Å²) in [6.07, 6.45) is 1.28. The molecule has 0 saturated carbocycles. The van der Waals surface area contributed by atoms with E-state index in [1.165, 1.54) is 6.20 Å². The van der Waals surface area contributed by atoms with Gasteiger partial charge in [-0.2, -0.15) is 0 Å². The minimum Gasteiger partial charge on any atom is -0.369 e. The Morgan fingerprint density at radius 3 is 2.35 bits per heavy atom. The second-order valence-corrected chi connectivity index (χ2v) is 4.84. The SMILES string of the molecule is CC(C)c1ncc(F)c(C(C)C)c1CC(N)=O. The van der Waals surface area contributed by atoms with E-state index in [2.05, 4.69) is 4.98 Å². The van der Waals surface area contributed by atoms with E-state index in [0.29, 0.717) is 11.1 Å². The molecule has 0 aliphatic rings. The molecule has 0 aliphatic heterocycles. The molecule has 2 N–H and O–H groups in total. The Hall–Kier alpha value is -1.45. The molecule has 1 amide bonds.